The summed E-state index contributed by atoms with van der Waals surface area (Å²) in [5, 5.41) is 28.7. The molecule has 0 aliphatic carbocycles. The molecule has 0 unspecified atom stereocenters. The molecule has 1 aromatic heterocycles. The summed E-state index contributed by atoms with van der Waals surface area (Å²) in [5.74, 6) is 0. The number of rotatable bonds is 2. The maximum absolute atomic E-state index is 9.96. The predicted molar refractivity (Wildman–Crippen MR) is 62.7 cm³/mol. The number of ether oxygens (including phenoxy) is 1. The van der Waals surface area contributed by atoms with E-state index in [2.05, 4.69) is 4.98 Å². The Bertz CT molecular complexity index is 556. The molecule has 1 aromatic carbocycles. The van der Waals surface area contributed by atoms with Crippen LogP contribution in [-0.4, -0.2) is 49.8 Å². The number of aromatic nitrogens is 2. The van der Waals surface area contributed by atoms with Crippen LogP contribution in [0.3, 0.4) is 0 Å². The smallest absolute Gasteiger partial charge is 0.164 e. The van der Waals surface area contributed by atoms with Gasteiger partial charge in [-0.15, -0.1) is 0 Å². The first-order chi connectivity index (χ1) is 8.72. The fourth-order valence-electron chi connectivity index (χ4n) is 2.29. The molecule has 0 spiro atoms. The van der Waals surface area contributed by atoms with Crippen LogP contribution in [0.2, 0.25) is 0 Å². The van der Waals surface area contributed by atoms with Crippen LogP contribution in [0.4, 0.5) is 0 Å². The maximum atomic E-state index is 9.96. The molecule has 0 amide bonds. The van der Waals surface area contributed by atoms with E-state index < -0.39 is 24.5 Å². The summed E-state index contributed by atoms with van der Waals surface area (Å²) in [6.45, 7) is -0.332. The van der Waals surface area contributed by atoms with Gasteiger partial charge in [0.1, 0.15) is 18.3 Å². The normalized spacial score (nSPS) is 32.2. The minimum Gasteiger partial charge on any atom is -0.394 e. The molecular formula is C12H14N2O4. The molecule has 2 heterocycles. The molecule has 0 radical (unpaired) electrons. The predicted octanol–water partition coefficient (Wildman–Crippen LogP) is -0.352. The highest BCUT2D eigenvalue weighted by atomic mass is 16.6. The lowest BCUT2D eigenvalue weighted by Crippen LogP contribution is -2.33. The molecule has 3 N–H and O–H groups in total. The first-order valence-electron chi connectivity index (χ1n) is 5.76. The van der Waals surface area contributed by atoms with E-state index in [9.17, 15) is 10.2 Å². The Morgan fingerprint density at radius 3 is 2.72 bits per heavy atom. The highest BCUT2D eigenvalue weighted by molar-refractivity contribution is 5.75. The molecular weight excluding hydrogens is 236 g/mol. The quantitative estimate of drug-likeness (QED) is 0.678. The zero-order valence-electron chi connectivity index (χ0n) is 9.55. The third-order valence-corrected chi connectivity index (χ3v) is 3.27. The average molecular weight is 250 g/mol. The van der Waals surface area contributed by atoms with Gasteiger partial charge in [0.25, 0.3) is 0 Å². The Kier molecular flexibility index (Phi) is 2.79. The van der Waals surface area contributed by atoms with Crippen molar-refractivity contribution >= 4 is 11.0 Å². The van der Waals surface area contributed by atoms with Gasteiger partial charge in [-0.3, -0.25) is 0 Å². The Labute approximate surface area is 103 Å². The zero-order valence-corrected chi connectivity index (χ0v) is 9.55. The Hall–Kier alpha value is -1.47. The lowest BCUT2D eigenvalue weighted by atomic mass is 10.1. The molecule has 1 aliphatic rings. The van der Waals surface area contributed by atoms with Crippen molar-refractivity contribution in [3.05, 3.63) is 30.6 Å². The molecule has 0 saturated carbocycles. The van der Waals surface area contributed by atoms with Crippen LogP contribution in [0.15, 0.2) is 30.6 Å². The minimum absolute atomic E-state index is 0.332. The molecule has 1 saturated heterocycles. The van der Waals surface area contributed by atoms with E-state index in [4.69, 9.17) is 9.84 Å². The van der Waals surface area contributed by atoms with E-state index in [1.807, 2.05) is 24.3 Å². The second kappa shape index (κ2) is 4.33. The van der Waals surface area contributed by atoms with Crippen molar-refractivity contribution in [3.8, 4) is 0 Å². The number of hydrogen-bond acceptors (Lipinski definition) is 5. The van der Waals surface area contributed by atoms with Crippen molar-refractivity contribution < 1.29 is 20.1 Å². The third-order valence-electron chi connectivity index (χ3n) is 3.27. The third kappa shape index (κ3) is 1.62. The van der Waals surface area contributed by atoms with Gasteiger partial charge in [0, 0.05) is 0 Å². The van der Waals surface area contributed by atoms with Gasteiger partial charge in [0.15, 0.2) is 6.23 Å². The van der Waals surface area contributed by atoms with Gasteiger partial charge in [0.2, 0.25) is 0 Å². The highest BCUT2D eigenvalue weighted by Crippen LogP contribution is 2.31. The van der Waals surface area contributed by atoms with Crippen LogP contribution in [0.1, 0.15) is 6.23 Å². The topological polar surface area (TPSA) is 87.7 Å². The van der Waals surface area contributed by atoms with Gasteiger partial charge in [0.05, 0.1) is 24.0 Å². The van der Waals surface area contributed by atoms with Gasteiger partial charge in [-0.1, -0.05) is 12.1 Å². The number of aliphatic hydroxyl groups excluding tert-OH is 3. The fraction of sp³-hybridized carbons (Fsp3) is 0.417. The van der Waals surface area contributed by atoms with Crippen molar-refractivity contribution in [2.45, 2.75) is 24.5 Å². The standard InChI is InChI=1S/C12H14N2O4/c15-5-9-10(16)11(17)12(18-9)14-6-13-7-3-1-2-4-8(7)14/h1-4,6,9-12,15-17H,5H2/t9-,10-,11+,12-/m1/s1. The fourth-order valence-corrected chi connectivity index (χ4v) is 2.29. The molecule has 1 fully saturated rings. The number of nitrogens with zero attached hydrogens (tertiary/aromatic N) is 2. The second-order valence-corrected chi connectivity index (χ2v) is 4.37. The van der Waals surface area contributed by atoms with Crippen LogP contribution < -0.4 is 0 Å². The van der Waals surface area contributed by atoms with Crippen molar-refractivity contribution in [1.82, 2.24) is 9.55 Å². The number of para-hydroxylation sites is 2. The van der Waals surface area contributed by atoms with E-state index in [0.717, 1.165) is 11.0 Å². The first-order valence-corrected chi connectivity index (χ1v) is 5.76. The number of imidazole rings is 1. The monoisotopic (exact) mass is 250 g/mol. The van der Waals surface area contributed by atoms with Gasteiger partial charge in [-0.2, -0.15) is 0 Å². The summed E-state index contributed by atoms with van der Waals surface area (Å²) in [6, 6.07) is 7.45. The van der Waals surface area contributed by atoms with Gasteiger partial charge < -0.3 is 24.6 Å². The number of fused-ring (bicyclic) bond motifs is 1. The Morgan fingerprint density at radius 1 is 1.22 bits per heavy atom. The molecule has 4 atom stereocenters. The summed E-state index contributed by atoms with van der Waals surface area (Å²) >= 11 is 0. The Morgan fingerprint density at radius 2 is 2.00 bits per heavy atom. The SMILES string of the molecule is OC[C@H]1O[C@@H](n2cnc3ccccc32)[C@@H](O)[C@@H]1O. The summed E-state index contributed by atoms with van der Waals surface area (Å²) in [6.07, 6.45) is -2.12. The molecule has 0 bridgehead atoms. The summed E-state index contributed by atoms with van der Waals surface area (Å²) in [4.78, 5) is 4.20. The summed E-state index contributed by atoms with van der Waals surface area (Å²) in [7, 11) is 0. The Balaban J connectivity index is 2.00. The summed E-state index contributed by atoms with van der Waals surface area (Å²) in [5.41, 5.74) is 1.60. The van der Waals surface area contributed by atoms with E-state index in [1.54, 1.807) is 10.9 Å². The zero-order chi connectivity index (χ0) is 12.7. The van der Waals surface area contributed by atoms with Gasteiger partial charge >= 0.3 is 0 Å². The lowest BCUT2D eigenvalue weighted by molar-refractivity contribution is -0.0508. The van der Waals surface area contributed by atoms with E-state index in [0.29, 0.717) is 0 Å². The lowest BCUT2D eigenvalue weighted by Gasteiger charge is -2.16. The first kappa shape index (κ1) is 11.6. The molecule has 1 aliphatic heterocycles. The largest absolute Gasteiger partial charge is 0.394 e. The molecule has 6 heteroatoms. The van der Waals surface area contributed by atoms with Crippen LogP contribution in [-0.2, 0) is 4.74 Å². The van der Waals surface area contributed by atoms with Gasteiger partial charge in [-0.25, -0.2) is 4.98 Å². The van der Waals surface area contributed by atoms with E-state index in [1.165, 1.54) is 0 Å². The van der Waals surface area contributed by atoms with Gasteiger partial charge in [-0.05, 0) is 12.1 Å². The molecule has 3 rings (SSSR count). The summed E-state index contributed by atoms with van der Waals surface area (Å²) < 4.78 is 7.13. The van der Waals surface area contributed by atoms with Crippen molar-refractivity contribution in [3.63, 3.8) is 0 Å². The van der Waals surface area contributed by atoms with E-state index in [-0.39, 0.29) is 6.61 Å². The van der Waals surface area contributed by atoms with Crippen molar-refractivity contribution in [2.75, 3.05) is 6.61 Å². The number of hydrogen-bond donors (Lipinski definition) is 3. The minimum atomic E-state index is -1.10. The van der Waals surface area contributed by atoms with Crippen LogP contribution in [0.5, 0.6) is 0 Å². The van der Waals surface area contributed by atoms with E-state index >= 15 is 0 Å². The molecule has 6 nitrogen and oxygen atoms in total. The van der Waals surface area contributed by atoms with Crippen LogP contribution >= 0.6 is 0 Å². The average Bonchev–Trinajstić information content (AvgIpc) is 2.93. The number of benzene rings is 1. The second-order valence-electron chi connectivity index (χ2n) is 4.37. The molecule has 96 valence electrons. The highest BCUT2D eigenvalue weighted by Gasteiger charge is 2.43. The maximum Gasteiger partial charge on any atom is 0.164 e. The van der Waals surface area contributed by atoms with Crippen LogP contribution in [0, 0.1) is 0 Å². The van der Waals surface area contributed by atoms with Crippen molar-refractivity contribution in [2.24, 2.45) is 0 Å². The van der Waals surface area contributed by atoms with Crippen molar-refractivity contribution in [1.29, 1.82) is 0 Å². The van der Waals surface area contributed by atoms with Crippen LogP contribution in [0.25, 0.3) is 11.0 Å². The number of aliphatic hydroxyl groups is 3. The molecule has 18 heavy (non-hydrogen) atoms. The molecule has 2 aromatic rings.